The molecule has 0 aromatic rings. The number of nitrogens with zero attached hydrogens (tertiary/aromatic N) is 1. The van der Waals surface area contributed by atoms with Gasteiger partial charge in [0.1, 0.15) is 0 Å². The van der Waals surface area contributed by atoms with Gasteiger partial charge < -0.3 is 15.4 Å². The molecule has 1 saturated heterocycles. The van der Waals surface area contributed by atoms with Crippen LogP contribution in [0, 0.1) is 0 Å². The zero-order valence-electron chi connectivity index (χ0n) is 11.3. The second kappa shape index (κ2) is 6.93. The van der Waals surface area contributed by atoms with E-state index in [0.717, 1.165) is 26.2 Å². The van der Waals surface area contributed by atoms with Gasteiger partial charge in [-0.3, -0.25) is 9.69 Å². The topological polar surface area (TPSA) is 53.6 Å². The summed E-state index contributed by atoms with van der Waals surface area (Å²) >= 11 is 0. The molecule has 0 aromatic carbocycles. The largest absolute Gasteiger partial charge is 0.374 e. The fraction of sp³-hybridized carbons (Fsp3) is 0.917. The second-order valence-electron chi connectivity index (χ2n) is 4.83. The quantitative estimate of drug-likeness (QED) is 0.703. The van der Waals surface area contributed by atoms with Crippen molar-refractivity contribution >= 4 is 5.91 Å². The van der Waals surface area contributed by atoms with E-state index >= 15 is 0 Å². The molecule has 0 aliphatic carbocycles. The molecule has 100 valence electrons. The van der Waals surface area contributed by atoms with E-state index in [4.69, 9.17) is 4.74 Å². The zero-order chi connectivity index (χ0) is 12.8. The van der Waals surface area contributed by atoms with Crippen molar-refractivity contribution in [2.24, 2.45) is 0 Å². The van der Waals surface area contributed by atoms with Crippen LogP contribution in [0.3, 0.4) is 0 Å². The van der Waals surface area contributed by atoms with Crippen molar-refractivity contribution in [1.29, 1.82) is 0 Å². The van der Waals surface area contributed by atoms with Crippen molar-refractivity contribution in [1.82, 2.24) is 15.5 Å². The average Bonchev–Trinajstić information content (AvgIpc) is 2.35. The van der Waals surface area contributed by atoms with E-state index in [0.29, 0.717) is 6.04 Å². The molecular formula is C12H25N3O2. The molecule has 5 nitrogen and oxygen atoms in total. The van der Waals surface area contributed by atoms with Gasteiger partial charge in [-0.15, -0.1) is 0 Å². The minimum absolute atomic E-state index is 0.0153. The highest BCUT2D eigenvalue weighted by atomic mass is 16.5. The molecule has 2 atom stereocenters. The SMILES string of the molecule is CNC(=O)C(C)NCC1CN(C(C)C)CCO1. The molecule has 17 heavy (non-hydrogen) atoms. The Kier molecular flexibility index (Phi) is 5.88. The van der Waals surface area contributed by atoms with Crippen molar-refractivity contribution in [2.75, 3.05) is 33.3 Å². The van der Waals surface area contributed by atoms with Crippen LogP contribution in [0.5, 0.6) is 0 Å². The summed E-state index contributed by atoms with van der Waals surface area (Å²) in [6, 6.07) is 0.385. The number of morpholine rings is 1. The van der Waals surface area contributed by atoms with Gasteiger partial charge in [0.2, 0.25) is 5.91 Å². The minimum atomic E-state index is -0.168. The van der Waals surface area contributed by atoms with E-state index in [-0.39, 0.29) is 18.1 Å². The summed E-state index contributed by atoms with van der Waals surface area (Å²) in [4.78, 5) is 13.7. The van der Waals surface area contributed by atoms with Crippen molar-refractivity contribution in [2.45, 2.75) is 39.0 Å². The molecule has 1 aliphatic heterocycles. The molecule has 1 rings (SSSR count). The van der Waals surface area contributed by atoms with E-state index in [9.17, 15) is 4.79 Å². The fourth-order valence-corrected chi connectivity index (χ4v) is 1.95. The van der Waals surface area contributed by atoms with E-state index in [1.165, 1.54) is 0 Å². The molecule has 0 bridgehead atoms. The highest BCUT2D eigenvalue weighted by molar-refractivity contribution is 5.80. The average molecular weight is 243 g/mol. The predicted octanol–water partition coefficient (Wildman–Crippen LogP) is -0.180. The number of hydrogen-bond donors (Lipinski definition) is 2. The Hall–Kier alpha value is -0.650. The molecule has 0 saturated carbocycles. The number of carbonyl (C=O) groups is 1. The molecule has 1 fully saturated rings. The standard InChI is InChI=1S/C12H25N3O2/c1-9(2)15-5-6-17-11(8-15)7-14-10(3)12(16)13-4/h9-11,14H,5-8H2,1-4H3,(H,13,16). The fourth-order valence-electron chi connectivity index (χ4n) is 1.95. The van der Waals surface area contributed by atoms with Gasteiger partial charge in [-0.05, 0) is 20.8 Å². The van der Waals surface area contributed by atoms with Crippen molar-refractivity contribution in [3.63, 3.8) is 0 Å². The van der Waals surface area contributed by atoms with Gasteiger partial charge in [0.15, 0.2) is 0 Å². The maximum atomic E-state index is 11.3. The number of nitrogens with one attached hydrogen (secondary N) is 2. The zero-order valence-corrected chi connectivity index (χ0v) is 11.3. The summed E-state index contributed by atoms with van der Waals surface area (Å²) < 4.78 is 5.69. The van der Waals surface area contributed by atoms with Gasteiger partial charge in [-0.2, -0.15) is 0 Å². The third-order valence-corrected chi connectivity index (χ3v) is 3.19. The molecule has 1 aliphatic rings. The van der Waals surface area contributed by atoms with Gasteiger partial charge in [0, 0.05) is 32.7 Å². The van der Waals surface area contributed by atoms with Crippen LogP contribution in [-0.4, -0.2) is 62.3 Å². The number of likely N-dealkylation sites (N-methyl/N-ethyl adjacent to an activating group) is 1. The molecule has 1 amide bonds. The highest BCUT2D eigenvalue weighted by Gasteiger charge is 2.23. The smallest absolute Gasteiger partial charge is 0.236 e. The number of carbonyl (C=O) groups excluding carboxylic acids is 1. The van der Waals surface area contributed by atoms with Gasteiger partial charge >= 0.3 is 0 Å². The monoisotopic (exact) mass is 243 g/mol. The van der Waals surface area contributed by atoms with Crippen molar-refractivity contribution in [3.8, 4) is 0 Å². The van der Waals surface area contributed by atoms with E-state index < -0.39 is 0 Å². The lowest BCUT2D eigenvalue weighted by Crippen LogP contribution is -2.51. The maximum absolute atomic E-state index is 11.3. The van der Waals surface area contributed by atoms with Gasteiger partial charge in [0.05, 0.1) is 18.8 Å². The van der Waals surface area contributed by atoms with Gasteiger partial charge in [-0.25, -0.2) is 0 Å². The van der Waals surface area contributed by atoms with E-state index in [2.05, 4.69) is 29.4 Å². The van der Waals surface area contributed by atoms with Gasteiger partial charge in [-0.1, -0.05) is 0 Å². The molecule has 2 N–H and O–H groups in total. The number of rotatable bonds is 5. The lowest BCUT2D eigenvalue weighted by atomic mass is 10.2. The second-order valence-corrected chi connectivity index (χ2v) is 4.83. The van der Waals surface area contributed by atoms with Crippen LogP contribution in [0.2, 0.25) is 0 Å². The van der Waals surface area contributed by atoms with Crippen molar-refractivity contribution < 1.29 is 9.53 Å². The maximum Gasteiger partial charge on any atom is 0.236 e. The molecule has 5 heteroatoms. The number of amides is 1. The first-order chi connectivity index (χ1) is 8.04. The Morgan fingerprint density at radius 2 is 2.18 bits per heavy atom. The highest BCUT2D eigenvalue weighted by Crippen LogP contribution is 2.08. The molecule has 2 unspecified atom stereocenters. The summed E-state index contributed by atoms with van der Waals surface area (Å²) in [5, 5.41) is 5.83. The Balaban J connectivity index is 2.29. The predicted molar refractivity (Wildman–Crippen MR) is 68.0 cm³/mol. The van der Waals surface area contributed by atoms with Crippen LogP contribution in [0.25, 0.3) is 0 Å². The summed E-state index contributed by atoms with van der Waals surface area (Å²) in [7, 11) is 1.65. The first kappa shape index (κ1) is 14.4. The van der Waals surface area contributed by atoms with Crippen LogP contribution in [0.15, 0.2) is 0 Å². The van der Waals surface area contributed by atoms with Crippen LogP contribution < -0.4 is 10.6 Å². The number of ether oxygens (including phenoxy) is 1. The summed E-state index contributed by atoms with van der Waals surface area (Å²) in [6.07, 6.45) is 0.179. The summed E-state index contributed by atoms with van der Waals surface area (Å²) in [5.41, 5.74) is 0. The van der Waals surface area contributed by atoms with E-state index in [1.807, 2.05) is 6.92 Å². The van der Waals surface area contributed by atoms with Crippen LogP contribution >= 0.6 is 0 Å². The Labute approximate surface area is 104 Å². The lowest BCUT2D eigenvalue weighted by Gasteiger charge is -2.35. The first-order valence-electron chi connectivity index (χ1n) is 6.35. The van der Waals surface area contributed by atoms with Crippen LogP contribution in [0.4, 0.5) is 0 Å². The Morgan fingerprint density at radius 3 is 2.76 bits per heavy atom. The Bertz CT molecular complexity index is 246. The van der Waals surface area contributed by atoms with Gasteiger partial charge in [0.25, 0.3) is 0 Å². The third kappa shape index (κ3) is 4.61. The summed E-state index contributed by atoms with van der Waals surface area (Å²) in [5.74, 6) is 0.0153. The normalized spacial score (nSPS) is 23.7. The Morgan fingerprint density at radius 1 is 1.47 bits per heavy atom. The molecule has 0 spiro atoms. The molecule has 0 aromatic heterocycles. The van der Waals surface area contributed by atoms with Crippen LogP contribution in [0.1, 0.15) is 20.8 Å². The molecule has 1 heterocycles. The lowest BCUT2D eigenvalue weighted by molar-refractivity contribution is -0.122. The van der Waals surface area contributed by atoms with E-state index in [1.54, 1.807) is 7.05 Å². The third-order valence-electron chi connectivity index (χ3n) is 3.19. The van der Waals surface area contributed by atoms with Crippen LogP contribution in [-0.2, 0) is 9.53 Å². The molecular weight excluding hydrogens is 218 g/mol. The first-order valence-corrected chi connectivity index (χ1v) is 6.35. The summed E-state index contributed by atoms with van der Waals surface area (Å²) in [6.45, 7) is 9.69. The minimum Gasteiger partial charge on any atom is -0.374 e. The number of hydrogen-bond acceptors (Lipinski definition) is 4. The van der Waals surface area contributed by atoms with Crippen molar-refractivity contribution in [3.05, 3.63) is 0 Å². The molecule has 0 radical (unpaired) electrons.